The van der Waals surface area contributed by atoms with Crippen molar-refractivity contribution in [3.63, 3.8) is 0 Å². The summed E-state index contributed by atoms with van der Waals surface area (Å²) < 4.78 is 0. The average molecular weight is 349 g/mol. The fourth-order valence-corrected chi connectivity index (χ4v) is 3.19. The minimum absolute atomic E-state index is 0.0423. The molecule has 26 heavy (non-hydrogen) atoms. The summed E-state index contributed by atoms with van der Waals surface area (Å²) in [6.07, 6.45) is 0.885. The van der Waals surface area contributed by atoms with Crippen molar-refractivity contribution in [3.8, 4) is 6.07 Å². The van der Waals surface area contributed by atoms with Crippen molar-refractivity contribution in [2.45, 2.75) is 31.9 Å². The Morgan fingerprint density at radius 1 is 1.23 bits per heavy atom. The number of carbonyl (C=O) groups is 1. The molecule has 0 aliphatic carbocycles. The largest absolute Gasteiger partial charge is 0.387 e. The molecule has 5 heteroatoms. The second-order valence-corrected chi connectivity index (χ2v) is 6.62. The lowest BCUT2D eigenvalue weighted by Gasteiger charge is -2.21. The Bertz CT molecular complexity index is 811. The molecule has 134 valence electrons. The Morgan fingerprint density at radius 2 is 2.00 bits per heavy atom. The molecule has 1 saturated heterocycles. The van der Waals surface area contributed by atoms with Gasteiger partial charge in [0.2, 0.25) is 5.91 Å². The zero-order chi connectivity index (χ0) is 18.5. The number of benzene rings is 2. The SMILES string of the molecule is CC(NCC(O)c1ccc(C#N)cc1)c1cccc(N2CCCC2=O)c1. The average Bonchev–Trinajstić information content (AvgIpc) is 3.12. The van der Waals surface area contributed by atoms with Crippen LogP contribution in [-0.4, -0.2) is 24.1 Å². The van der Waals surface area contributed by atoms with Gasteiger partial charge in [-0.1, -0.05) is 24.3 Å². The molecule has 0 radical (unpaired) electrons. The lowest BCUT2D eigenvalue weighted by atomic mass is 10.0. The fourth-order valence-electron chi connectivity index (χ4n) is 3.19. The molecule has 0 saturated carbocycles. The summed E-state index contributed by atoms with van der Waals surface area (Å²) in [5.41, 5.74) is 3.37. The van der Waals surface area contributed by atoms with Crippen LogP contribution < -0.4 is 10.2 Å². The molecule has 0 bridgehead atoms. The first-order chi connectivity index (χ1) is 12.6. The fraction of sp³-hybridized carbons (Fsp3) is 0.333. The monoisotopic (exact) mass is 349 g/mol. The van der Waals surface area contributed by atoms with E-state index in [0.29, 0.717) is 18.5 Å². The molecule has 2 aromatic rings. The minimum atomic E-state index is -0.645. The summed E-state index contributed by atoms with van der Waals surface area (Å²) in [5, 5.41) is 22.5. The van der Waals surface area contributed by atoms with Gasteiger partial charge < -0.3 is 15.3 Å². The maximum Gasteiger partial charge on any atom is 0.227 e. The summed E-state index contributed by atoms with van der Waals surface area (Å²) in [5.74, 6) is 0.180. The first-order valence-electron chi connectivity index (χ1n) is 8.90. The van der Waals surface area contributed by atoms with Gasteiger partial charge in [-0.05, 0) is 48.7 Å². The van der Waals surface area contributed by atoms with Gasteiger partial charge in [-0.15, -0.1) is 0 Å². The van der Waals surface area contributed by atoms with Crippen LogP contribution in [0.3, 0.4) is 0 Å². The third kappa shape index (κ3) is 4.10. The van der Waals surface area contributed by atoms with Crippen LogP contribution in [0.1, 0.15) is 48.6 Å². The number of aliphatic hydroxyl groups excluding tert-OH is 1. The second-order valence-electron chi connectivity index (χ2n) is 6.62. The summed E-state index contributed by atoms with van der Waals surface area (Å²) in [4.78, 5) is 13.8. The van der Waals surface area contributed by atoms with E-state index in [1.54, 1.807) is 24.3 Å². The van der Waals surface area contributed by atoms with Gasteiger partial charge in [-0.3, -0.25) is 4.79 Å². The Balaban J connectivity index is 1.61. The van der Waals surface area contributed by atoms with Crippen LogP contribution in [0.2, 0.25) is 0 Å². The van der Waals surface area contributed by atoms with Gasteiger partial charge in [-0.25, -0.2) is 0 Å². The predicted octanol–water partition coefficient (Wildman–Crippen LogP) is 3.07. The Labute approximate surface area is 153 Å². The molecule has 1 aliphatic rings. The topological polar surface area (TPSA) is 76.4 Å². The van der Waals surface area contributed by atoms with Crippen LogP contribution in [0.15, 0.2) is 48.5 Å². The van der Waals surface area contributed by atoms with Gasteiger partial charge >= 0.3 is 0 Å². The number of amides is 1. The summed E-state index contributed by atoms with van der Waals surface area (Å²) in [7, 11) is 0. The van der Waals surface area contributed by atoms with Gasteiger partial charge in [0.25, 0.3) is 0 Å². The molecule has 3 rings (SSSR count). The van der Waals surface area contributed by atoms with Crippen LogP contribution in [0.25, 0.3) is 0 Å². The molecular weight excluding hydrogens is 326 g/mol. The molecule has 2 aromatic carbocycles. The third-order valence-electron chi connectivity index (χ3n) is 4.80. The zero-order valence-electron chi connectivity index (χ0n) is 14.9. The van der Waals surface area contributed by atoms with Crippen molar-refractivity contribution >= 4 is 11.6 Å². The van der Waals surface area contributed by atoms with Crippen LogP contribution in [-0.2, 0) is 4.79 Å². The van der Waals surface area contributed by atoms with Crippen molar-refractivity contribution in [1.29, 1.82) is 5.26 Å². The Hall–Kier alpha value is -2.68. The summed E-state index contributed by atoms with van der Waals surface area (Å²) >= 11 is 0. The molecule has 1 aliphatic heterocycles. The summed E-state index contributed by atoms with van der Waals surface area (Å²) in [6.45, 7) is 3.22. The second kappa shape index (κ2) is 8.13. The number of hydrogen-bond acceptors (Lipinski definition) is 4. The number of nitrogens with zero attached hydrogens (tertiary/aromatic N) is 2. The standard InChI is InChI=1S/C21H23N3O2/c1-15(23-14-20(25)17-9-7-16(13-22)8-10-17)18-4-2-5-19(12-18)24-11-3-6-21(24)26/h2,4-5,7-10,12,15,20,23,25H,3,6,11,14H2,1H3. The highest BCUT2D eigenvalue weighted by Crippen LogP contribution is 2.25. The molecule has 5 nitrogen and oxygen atoms in total. The third-order valence-corrected chi connectivity index (χ3v) is 4.80. The molecule has 2 unspecified atom stereocenters. The minimum Gasteiger partial charge on any atom is -0.387 e. The van der Waals surface area contributed by atoms with E-state index in [9.17, 15) is 9.90 Å². The van der Waals surface area contributed by atoms with Crippen molar-refractivity contribution in [2.75, 3.05) is 18.0 Å². The van der Waals surface area contributed by atoms with Crippen LogP contribution in [0.5, 0.6) is 0 Å². The van der Waals surface area contributed by atoms with E-state index < -0.39 is 6.10 Å². The van der Waals surface area contributed by atoms with E-state index in [4.69, 9.17) is 5.26 Å². The Kier molecular flexibility index (Phi) is 5.67. The van der Waals surface area contributed by atoms with Crippen molar-refractivity contribution in [2.24, 2.45) is 0 Å². The number of rotatable bonds is 6. The van der Waals surface area contributed by atoms with Gasteiger partial charge in [0.15, 0.2) is 0 Å². The van der Waals surface area contributed by atoms with E-state index in [1.807, 2.05) is 36.1 Å². The highest BCUT2D eigenvalue weighted by Gasteiger charge is 2.22. The normalized spacial score (nSPS) is 16.3. The molecule has 1 heterocycles. The zero-order valence-corrected chi connectivity index (χ0v) is 14.9. The van der Waals surface area contributed by atoms with Gasteiger partial charge in [0, 0.05) is 31.2 Å². The number of carbonyl (C=O) groups excluding carboxylic acids is 1. The highest BCUT2D eigenvalue weighted by molar-refractivity contribution is 5.95. The first kappa shape index (κ1) is 18.1. The molecular formula is C21H23N3O2. The molecule has 0 spiro atoms. The van der Waals surface area contributed by atoms with Crippen LogP contribution >= 0.6 is 0 Å². The molecule has 2 atom stereocenters. The Morgan fingerprint density at radius 3 is 2.65 bits per heavy atom. The molecule has 1 fully saturated rings. The van der Waals surface area contributed by atoms with E-state index in [2.05, 4.69) is 11.4 Å². The predicted molar refractivity (Wildman–Crippen MR) is 101 cm³/mol. The van der Waals surface area contributed by atoms with Gasteiger partial charge in [0.1, 0.15) is 0 Å². The lowest BCUT2D eigenvalue weighted by molar-refractivity contribution is -0.117. The molecule has 0 aromatic heterocycles. The molecule has 2 N–H and O–H groups in total. The summed E-state index contributed by atoms with van der Waals surface area (Å²) in [6, 6.07) is 17.1. The van der Waals surface area contributed by atoms with E-state index in [1.165, 1.54) is 0 Å². The first-order valence-corrected chi connectivity index (χ1v) is 8.90. The number of nitriles is 1. The van der Waals surface area contributed by atoms with Gasteiger partial charge in [-0.2, -0.15) is 5.26 Å². The lowest BCUT2D eigenvalue weighted by Crippen LogP contribution is -2.26. The number of aliphatic hydroxyl groups is 1. The molecule has 1 amide bonds. The van der Waals surface area contributed by atoms with Crippen LogP contribution in [0, 0.1) is 11.3 Å². The van der Waals surface area contributed by atoms with Crippen molar-refractivity contribution < 1.29 is 9.90 Å². The highest BCUT2D eigenvalue weighted by atomic mass is 16.3. The quantitative estimate of drug-likeness (QED) is 0.840. The van der Waals surface area contributed by atoms with Crippen molar-refractivity contribution in [3.05, 3.63) is 65.2 Å². The van der Waals surface area contributed by atoms with Crippen LogP contribution in [0.4, 0.5) is 5.69 Å². The smallest absolute Gasteiger partial charge is 0.227 e. The number of hydrogen-bond donors (Lipinski definition) is 2. The van der Waals surface area contributed by atoms with Gasteiger partial charge in [0.05, 0.1) is 17.7 Å². The maximum absolute atomic E-state index is 11.9. The maximum atomic E-state index is 11.9. The van der Waals surface area contributed by atoms with Crippen molar-refractivity contribution in [1.82, 2.24) is 5.32 Å². The van der Waals surface area contributed by atoms with E-state index >= 15 is 0 Å². The van der Waals surface area contributed by atoms with E-state index in [0.717, 1.165) is 29.8 Å². The number of nitrogens with one attached hydrogen (secondary N) is 1. The van der Waals surface area contributed by atoms with E-state index in [-0.39, 0.29) is 11.9 Å². The number of anilines is 1.